The van der Waals surface area contributed by atoms with Gasteiger partial charge in [-0.2, -0.15) is 0 Å². The first-order chi connectivity index (χ1) is 7.95. The summed E-state index contributed by atoms with van der Waals surface area (Å²) >= 11 is 0. The molecule has 3 rings (SSSR count). The number of halogens is 1. The van der Waals surface area contributed by atoms with Crippen molar-refractivity contribution in [3.63, 3.8) is 0 Å². The highest BCUT2D eigenvalue weighted by Gasteiger charge is 2.28. The summed E-state index contributed by atoms with van der Waals surface area (Å²) in [6.07, 6.45) is 5.81. The van der Waals surface area contributed by atoms with Crippen molar-refractivity contribution >= 4 is 12.4 Å². The molecule has 1 aromatic rings. The van der Waals surface area contributed by atoms with Crippen LogP contribution in [0.25, 0.3) is 0 Å². The van der Waals surface area contributed by atoms with Crippen LogP contribution in [-0.4, -0.2) is 36.3 Å². The lowest BCUT2D eigenvalue weighted by atomic mass is 9.88. The van der Waals surface area contributed by atoms with E-state index in [-0.39, 0.29) is 12.4 Å². The first-order valence-corrected chi connectivity index (χ1v) is 6.04. The zero-order chi connectivity index (χ0) is 10.8. The van der Waals surface area contributed by atoms with E-state index in [1.165, 1.54) is 11.4 Å². The molecule has 17 heavy (non-hydrogen) atoms. The van der Waals surface area contributed by atoms with Crippen LogP contribution in [0.15, 0.2) is 12.4 Å². The van der Waals surface area contributed by atoms with Crippen molar-refractivity contribution in [2.24, 2.45) is 0 Å². The number of hydrogen-bond donors (Lipinski definition) is 1. The molecule has 1 N–H and O–H groups in total. The van der Waals surface area contributed by atoms with E-state index >= 15 is 0 Å². The third-order valence-corrected chi connectivity index (χ3v) is 3.53. The van der Waals surface area contributed by atoms with Gasteiger partial charge in [-0.1, -0.05) is 0 Å². The molecule has 3 heterocycles. The first-order valence-electron chi connectivity index (χ1n) is 6.04. The molecule has 0 spiro atoms. The van der Waals surface area contributed by atoms with Gasteiger partial charge in [-0.3, -0.25) is 9.97 Å². The van der Waals surface area contributed by atoms with Crippen LogP contribution < -0.4 is 5.32 Å². The molecule has 0 amide bonds. The summed E-state index contributed by atoms with van der Waals surface area (Å²) in [6, 6.07) is 0. The van der Waals surface area contributed by atoms with Crippen LogP contribution in [0, 0.1) is 0 Å². The van der Waals surface area contributed by atoms with Gasteiger partial charge in [-0.15, -0.1) is 12.4 Å². The second-order valence-electron chi connectivity index (χ2n) is 4.57. The molecule has 0 aromatic carbocycles. The maximum absolute atomic E-state index is 5.40. The first kappa shape index (κ1) is 12.7. The molecule has 0 bridgehead atoms. The summed E-state index contributed by atoms with van der Waals surface area (Å²) < 4.78 is 5.40. The Bertz CT molecular complexity index is 365. The predicted octanol–water partition coefficient (Wildman–Crippen LogP) is 1.48. The van der Waals surface area contributed by atoms with Crippen LogP contribution in [0.4, 0.5) is 0 Å². The van der Waals surface area contributed by atoms with Crippen LogP contribution >= 0.6 is 12.4 Å². The van der Waals surface area contributed by atoms with Gasteiger partial charge in [0, 0.05) is 50.5 Å². The maximum atomic E-state index is 5.40. The van der Waals surface area contributed by atoms with Crippen molar-refractivity contribution in [2.75, 3.05) is 26.3 Å². The third kappa shape index (κ3) is 2.59. The minimum absolute atomic E-state index is 0. The number of hydrogen-bond acceptors (Lipinski definition) is 4. The fourth-order valence-corrected chi connectivity index (χ4v) is 2.44. The van der Waals surface area contributed by atoms with Crippen LogP contribution in [0.3, 0.4) is 0 Å². The molecule has 0 saturated carbocycles. The highest BCUT2D eigenvalue weighted by Crippen LogP contribution is 2.31. The molecular formula is C12H18ClN3O. The lowest BCUT2D eigenvalue weighted by molar-refractivity contribution is 0.0840. The molecule has 0 unspecified atom stereocenters. The Labute approximate surface area is 108 Å². The van der Waals surface area contributed by atoms with Gasteiger partial charge in [0.2, 0.25) is 0 Å². The standard InChI is InChI=1S/C12H17N3O.ClH/c1-5-16-6-2-9(1)11-12(10-7-13-8-10)15-4-3-14-11;/h3-4,9-10,13H,1-2,5-8H2;1H. The van der Waals surface area contributed by atoms with Gasteiger partial charge in [0.15, 0.2) is 0 Å². The van der Waals surface area contributed by atoms with Gasteiger partial charge in [0.1, 0.15) is 0 Å². The molecule has 2 fully saturated rings. The summed E-state index contributed by atoms with van der Waals surface area (Å²) in [4.78, 5) is 9.09. The van der Waals surface area contributed by atoms with E-state index in [0.29, 0.717) is 11.8 Å². The topological polar surface area (TPSA) is 47.0 Å². The molecule has 2 aliphatic rings. The highest BCUT2D eigenvalue weighted by molar-refractivity contribution is 5.85. The lowest BCUT2D eigenvalue weighted by Gasteiger charge is -2.30. The molecular weight excluding hydrogens is 238 g/mol. The zero-order valence-corrected chi connectivity index (χ0v) is 10.6. The lowest BCUT2D eigenvalue weighted by Crippen LogP contribution is -2.41. The summed E-state index contributed by atoms with van der Waals surface area (Å²) in [7, 11) is 0. The molecule has 2 aliphatic heterocycles. The molecule has 1 aromatic heterocycles. The van der Waals surface area contributed by atoms with Crippen molar-refractivity contribution in [1.82, 2.24) is 15.3 Å². The molecule has 94 valence electrons. The van der Waals surface area contributed by atoms with E-state index in [2.05, 4.69) is 15.3 Å². The zero-order valence-electron chi connectivity index (χ0n) is 9.76. The minimum atomic E-state index is 0. The fourth-order valence-electron chi connectivity index (χ4n) is 2.44. The third-order valence-electron chi connectivity index (χ3n) is 3.53. The SMILES string of the molecule is Cl.c1cnc(C2CNC2)c(C2CCOCC2)n1. The van der Waals surface area contributed by atoms with Gasteiger partial charge < -0.3 is 10.1 Å². The van der Waals surface area contributed by atoms with E-state index in [9.17, 15) is 0 Å². The van der Waals surface area contributed by atoms with Gasteiger partial charge in [0.25, 0.3) is 0 Å². The summed E-state index contributed by atoms with van der Waals surface area (Å²) in [5.41, 5.74) is 2.44. The van der Waals surface area contributed by atoms with Gasteiger partial charge in [0.05, 0.1) is 11.4 Å². The highest BCUT2D eigenvalue weighted by atomic mass is 35.5. The molecule has 4 nitrogen and oxygen atoms in total. The molecule has 0 atom stereocenters. The van der Waals surface area contributed by atoms with Gasteiger partial charge in [-0.05, 0) is 12.8 Å². The predicted molar refractivity (Wildman–Crippen MR) is 67.7 cm³/mol. The van der Waals surface area contributed by atoms with Crippen LogP contribution in [0.5, 0.6) is 0 Å². The summed E-state index contributed by atoms with van der Waals surface area (Å²) in [5.74, 6) is 1.13. The quantitative estimate of drug-likeness (QED) is 0.870. The van der Waals surface area contributed by atoms with E-state index in [0.717, 1.165) is 39.1 Å². The summed E-state index contributed by atoms with van der Waals surface area (Å²) in [6.45, 7) is 3.83. The van der Waals surface area contributed by atoms with E-state index in [1.807, 2.05) is 12.4 Å². The molecule has 0 aliphatic carbocycles. The number of ether oxygens (including phenoxy) is 1. The average molecular weight is 256 g/mol. The van der Waals surface area contributed by atoms with Crippen molar-refractivity contribution in [2.45, 2.75) is 24.7 Å². The normalized spacial score (nSPS) is 21.6. The summed E-state index contributed by atoms with van der Waals surface area (Å²) in [5, 5.41) is 3.30. The average Bonchev–Trinajstić information content (AvgIpc) is 2.29. The Morgan fingerprint density at radius 3 is 2.12 bits per heavy atom. The Kier molecular flexibility index (Phi) is 4.31. The Morgan fingerprint density at radius 1 is 1.00 bits per heavy atom. The van der Waals surface area contributed by atoms with Crippen molar-refractivity contribution < 1.29 is 4.74 Å². The second-order valence-corrected chi connectivity index (χ2v) is 4.57. The number of rotatable bonds is 2. The van der Waals surface area contributed by atoms with Gasteiger partial charge >= 0.3 is 0 Å². The van der Waals surface area contributed by atoms with Crippen LogP contribution in [-0.2, 0) is 4.74 Å². The largest absolute Gasteiger partial charge is 0.381 e. The Morgan fingerprint density at radius 2 is 1.59 bits per heavy atom. The Balaban J connectivity index is 0.00000108. The van der Waals surface area contributed by atoms with E-state index in [1.54, 1.807) is 0 Å². The molecule has 0 radical (unpaired) electrons. The van der Waals surface area contributed by atoms with Crippen molar-refractivity contribution in [1.29, 1.82) is 0 Å². The Hall–Kier alpha value is -0.710. The van der Waals surface area contributed by atoms with Crippen LogP contribution in [0.2, 0.25) is 0 Å². The number of nitrogens with zero attached hydrogens (tertiary/aromatic N) is 2. The van der Waals surface area contributed by atoms with Crippen LogP contribution in [0.1, 0.15) is 36.1 Å². The maximum Gasteiger partial charge on any atom is 0.0677 e. The minimum Gasteiger partial charge on any atom is -0.381 e. The molecule has 5 heteroatoms. The monoisotopic (exact) mass is 255 g/mol. The number of nitrogens with one attached hydrogen (secondary N) is 1. The van der Waals surface area contributed by atoms with E-state index in [4.69, 9.17) is 4.74 Å². The number of aromatic nitrogens is 2. The second kappa shape index (κ2) is 5.76. The van der Waals surface area contributed by atoms with Crippen molar-refractivity contribution in [3.8, 4) is 0 Å². The van der Waals surface area contributed by atoms with Crippen molar-refractivity contribution in [3.05, 3.63) is 23.8 Å². The molecule has 2 saturated heterocycles. The smallest absolute Gasteiger partial charge is 0.0677 e. The van der Waals surface area contributed by atoms with Gasteiger partial charge in [-0.25, -0.2) is 0 Å². The van der Waals surface area contributed by atoms with E-state index < -0.39 is 0 Å². The fraction of sp³-hybridized carbons (Fsp3) is 0.667.